The van der Waals surface area contributed by atoms with Gasteiger partial charge < -0.3 is 24.5 Å². The fraction of sp³-hybridized carbons (Fsp3) is 0.731. The van der Waals surface area contributed by atoms with E-state index in [0.29, 0.717) is 39.0 Å². The third-order valence-corrected chi connectivity index (χ3v) is 7.93. The molecule has 188 valence electrons. The molecular weight excluding hydrogens is 434 g/mol. The van der Waals surface area contributed by atoms with Gasteiger partial charge in [-0.05, 0) is 32.6 Å². The second kappa shape index (κ2) is 9.82. The number of carbonyl (C=O) groups is 3. The quantitative estimate of drug-likeness (QED) is 0.407. The Hall–Kier alpha value is -2.19. The topological polar surface area (TPSA) is 90.4 Å². The molecule has 1 N–H and O–H groups in total. The number of nitrogens with zero attached hydrogens (tertiary/aromatic N) is 3. The van der Waals surface area contributed by atoms with Gasteiger partial charge in [0.2, 0.25) is 17.7 Å². The third-order valence-electron chi connectivity index (χ3n) is 7.93. The molecule has 0 saturated carbocycles. The van der Waals surface area contributed by atoms with Crippen molar-refractivity contribution in [3.05, 3.63) is 24.3 Å². The van der Waals surface area contributed by atoms with Gasteiger partial charge in [-0.25, -0.2) is 0 Å². The number of likely N-dealkylation sites (N-methyl/N-ethyl adjacent to an activating group) is 1. The molecule has 1 spiro atoms. The van der Waals surface area contributed by atoms with Crippen LogP contribution in [0.4, 0.5) is 0 Å². The van der Waals surface area contributed by atoms with Crippen LogP contribution in [-0.2, 0) is 19.1 Å². The molecule has 2 fully saturated rings. The highest BCUT2D eigenvalue weighted by molar-refractivity contribution is 6.00. The van der Waals surface area contributed by atoms with E-state index in [-0.39, 0.29) is 24.3 Å². The highest BCUT2D eigenvalue weighted by atomic mass is 16.5. The Morgan fingerprint density at radius 1 is 0.941 bits per heavy atom. The maximum atomic E-state index is 14.0. The summed E-state index contributed by atoms with van der Waals surface area (Å²) in [5, 5.41) is 9.16. The molecule has 4 heterocycles. The highest BCUT2D eigenvalue weighted by Gasteiger charge is 2.74. The molecule has 4 aliphatic rings. The average molecular weight is 474 g/mol. The van der Waals surface area contributed by atoms with Crippen LogP contribution >= 0.6 is 0 Å². The summed E-state index contributed by atoms with van der Waals surface area (Å²) in [4.78, 5) is 46.6. The van der Waals surface area contributed by atoms with Crippen molar-refractivity contribution in [1.82, 2.24) is 14.7 Å². The Bertz CT molecular complexity index is 872. The van der Waals surface area contributed by atoms with Gasteiger partial charge in [-0.3, -0.25) is 14.4 Å². The van der Waals surface area contributed by atoms with Crippen LogP contribution < -0.4 is 0 Å². The highest BCUT2D eigenvalue weighted by Crippen LogP contribution is 2.57. The van der Waals surface area contributed by atoms with E-state index < -0.39 is 29.1 Å². The first-order valence-corrected chi connectivity index (χ1v) is 12.8. The molecule has 0 aromatic heterocycles. The zero-order valence-electron chi connectivity index (χ0n) is 20.7. The predicted octanol–water partition coefficient (Wildman–Crippen LogP) is 1.74. The molecule has 8 nitrogen and oxygen atoms in total. The van der Waals surface area contributed by atoms with E-state index in [2.05, 4.69) is 6.92 Å². The summed E-state index contributed by atoms with van der Waals surface area (Å²) >= 11 is 0. The summed E-state index contributed by atoms with van der Waals surface area (Å²) < 4.78 is 6.75. The lowest BCUT2D eigenvalue weighted by molar-refractivity contribution is -0.152. The van der Waals surface area contributed by atoms with Gasteiger partial charge in [-0.2, -0.15) is 0 Å². The molecular formula is C26H39N3O5. The van der Waals surface area contributed by atoms with Crippen molar-refractivity contribution in [2.75, 3.05) is 39.8 Å². The monoisotopic (exact) mass is 473 g/mol. The van der Waals surface area contributed by atoms with Crippen molar-refractivity contribution >= 4 is 17.7 Å². The molecule has 1 unspecified atom stereocenters. The fourth-order valence-corrected chi connectivity index (χ4v) is 6.25. The first kappa shape index (κ1) is 24.9. The minimum Gasteiger partial charge on any atom is -0.396 e. The lowest BCUT2D eigenvalue weighted by atomic mass is 9.74. The minimum absolute atomic E-state index is 0.0936. The molecule has 0 aromatic carbocycles. The molecule has 4 rings (SSSR count). The molecule has 34 heavy (non-hydrogen) atoms. The van der Waals surface area contributed by atoms with Gasteiger partial charge in [0.15, 0.2) is 0 Å². The summed E-state index contributed by atoms with van der Waals surface area (Å²) in [7, 11) is 1.75. The zero-order valence-corrected chi connectivity index (χ0v) is 20.7. The number of aliphatic hydroxyl groups is 1. The number of likely N-dealkylation sites (tertiary alicyclic amines) is 1. The van der Waals surface area contributed by atoms with Crippen LogP contribution in [-0.4, -0.2) is 94.6 Å². The van der Waals surface area contributed by atoms with Crippen LogP contribution in [0.25, 0.3) is 0 Å². The van der Waals surface area contributed by atoms with Gasteiger partial charge in [-0.1, -0.05) is 44.1 Å². The number of hydrogen-bond donors (Lipinski definition) is 1. The first-order valence-electron chi connectivity index (χ1n) is 12.8. The van der Waals surface area contributed by atoms with Crippen molar-refractivity contribution < 1.29 is 24.2 Å². The number of amides is 3. The smallest absolute Gasteiger partial charge is 0.249 e. The summed E-state index contributed by atoms with van der Waals surface area (Å²) in [6.07, 6.45) is 12.8. The lowest BCUT2D eigenvalue weighted by Crippen LogP contribution is -2.56. The number of unbranched alkanes of at least 4 members (excludes halogenated alkanes) is 4. The van der Waals surface area contributed by atoms with Gasteiger partial charge >= 0.3 is 0 Å². The number of hydrogen-bond acceptors (Lipinski definition) is 5. The van der Waals surface area contributed by atoms with Crippen LogP contribution in [0.15, 0.2) is 24.3 Å². The van der Waals surface area contributed by atoms with Crippen LogP contribution in [0.5, 0.6) is 0 Å². The molecule has 5 atom stereocenters. The third kappa shape index (κ3) is 3.98. The fourth-order valence-electron chi connectivity index (χ4n) is 6.25. The largest absolute Gasteiger partial charge is 0.396 e. The lowest BCUT2D eigenvalue weighted by Gasteiger charge is -2.37. The number of carbonyl (C=O) groups excluding carboxylic acids is 3. The van der Waals surface area contributed by atoms with Crippen LogP contribution in [0, 0.1) is 11.8 Å². The molecule has 8 heteroatoms. The maximum Gasteiger partial charge on any atom is 0.249 e. The van der Waals surface area contributed by atoms with Gasteiger partial charge in [0, 0.05) is 39.8 Å². The van der Waals surface area contributed by atoms with Crippen molar-refractivity contribution in [1.29, 1.82) is 0 Å². The molecule has 0 aromatic rings. The second-order valence-corrected chi connectivity index (χ2v) is 10.3. The first-order chi connectivity index (χ1) is 16.3. The maximum absolute atomic E-state index is 14.0. The van der Waals surface area contributed by atoms with Crippen LogP contribution in [0.1, 0.15) is 52.4 Å². The van der Waals surface area contributed by atoms with Crippen molar-refractivity contribution in [3.63, 3.8) is 0 Å². The standard InChI is InChI=1S/C26H39N3O5/c1-4-5-7-15-28-16-11-13-26-20(19-22(31)27(3)14-10-12-25(19,2)34-26)23(32)29(21(26)24(28)33)17-8-6-9-18-30/h10-13,19-21,30H,4-9,14-18H2,1-3H3/t19-,20+,21?,25+,26+/m1/s1. The normalized spacial score (nSPS) is 34.9. The summed E-state index contributed by atoms with van der Waals surface area (Å²) in [5.74, 6) is -1.81. The molecule has 0 bridgehead atoms. The van der Waals surface area contributed by atoms with Crippen LogP contribution in [0.3, 0.4) is 0 Å². The van der Waals surface area contributed by atoms with E-state index in [1.807, 2.05) is 36.1 Å². The van der Waals surface area contributed by atoms with Crippen LogP contribution in [0.2, 0.25) is 0 Å². The van der Waals surface area contributed by atoms with Crippen molar-refractivity contribution in [3.8, 4) is 0 Å². The summed E-state index contributed by atoms with van der Waals surface area (Å²) in [5.41, 5.74) is -2.12. The SMILES string of the molecule is CCCCCN1CC=C[C@]23O[C@@]4(C)C=CCN(C)C(=O)[C@H]4[C@H]2C(=O)N(CCCCCO)C3C1=O. The molecule has 4 aliphatic heterocycles. The number of fused-ring (bicyclic) bond motifs is 2. The Morgan fingerprint density at radius 3 is 2.41 bits per heavy atom. The zero-order chi connectivity index (χ0) is 24.5. The number of aliphatic hydroxyl groups excluding tert-OH is 1. The molecule has 0 radical (unpaired) electrons. The minimum atomic E-state index is -1.16. The molecule has 0 aliphatic carbocycles. The summed E-state index contributed by atoms with van der Waals surface area (Å²) in [6, 6.07) is -0.783. The Balaban J connectivity index is 1.74. The Morgan fingerprint density at radius 2 is 1.68 bits per heavy atom. The molecule has 2 saturated heterocycles. The Kier molecular flexibility index (Phi) is 7.20. The van der Waals surface area contributed by atoms with E-state index >= 15 is 0 Å². The predicted molar refractivity (Wildman–Crippen MR) is 128 cm³/mol. The summed E-state index contributed by atoms with van der Waals surface area (Å²) in [6.45, 7) is 6.11. The van der Waals surface area contributed by atoms with Gasteiger partial charge in [0.1, 0.15) is 11.6 Å². The van der Waals surface area contributed by atoms with E-state index in [1.165, 1.54) is 0 Å². The van der Waals surface area contributed by atoms with Crippen molar-refractivity contribution in [2.45, 2.75) is 69.6 Å². The number of ether oxygens (including phenoxy) is 1. The van der Waals surface area contributed by atoms with Gasteiger partial charge in [0.05, 0.1) is 17.4 Å². The van der Waals surface area contributed by atoms with E-state index in [4.69, 9.17) is 9.84 Å². The van der Waals surface area contributed by atoms with Gasteiger partial charge in [0.25, 0.3) is 0 Å². The second-order valence-electron chi connectivity index (χ2n) is 10.3. The van der Waals surface area contributed by atoms with Gasteiger partial charge in [-0.15, -0.1) is 0 Å². The number of rotatable bonds is 9. The van der Waals surface area contributed by atoms with Crippen molar-refractivity contribution in [2.24, 2.45) is 11.8 Å². The molecule has 3 amide bonds. The Labute approximate surface area is 202 Å². The van der Waals surface area contributed by atoms with E-state index in [9.17, 15) is 14.4 Å². The average Bonchev–Trinajstić information content (AvgIpc) is 3.08. The van der Waals surface area contributed by atoms with E-state index in [1.54, 1.807) is 16.8 Å². The van der Waals surface area contributed by atoms with E-state index in [0.717, 1.165) is 25.7 Å².